The van der Waals surface area contributed by atoms with Crippen LogP contribution in [0.25, 0.3) is 0 Å². The summed E-state index contributed by atoms with van der Waals surface area (Å²) in [6.07, 6.45) is 3.57. The Morgan fingerprint density at radius 1 is 1.16 bits per heavy atom. The summed E-state index contributed by atoms with van der Waals surface area (Å²) in [4.78, 5) is 4.15. The predicted octanol–water partition coefficient (Wildman–Crippen LogP) is 2.17. The Hall–Kier alpha value is -1.07. The van der Waals surface area contributed by atoms with Gasteiger partial charge >= 0.3 is 7.12 Å². The Kier molecular flexibility index (Phi) is 3.62. The summed E-state index contributed by atoms with van der Waals surface area (Å²) >= 11 is 0. The first-order chi connectivity index (χ1) is 8.73. The van der Waals surface area contributed by atoms with Gasteiger partial charge in [-0.3, -0.25) is 4.98 Å². The van der Waals surface area contributed by atoms with Crippen molar-refractivity contribution < 1.29 is 14.0 Å². The average molecular weight is 263 g/mol. The third-order valence-electron chi connectivity index (χ3n) is 3.68. The van der Waals surface area contributed by atoms with Crippen molar-refractivity contribution in [3.63, 3.8) is 0 Å². The summed E-state index contributed by atoms with van der Waals surface area (Å²) in [5.74, 6) is 0.767. The van der Waals surface area contributed by atoms with Crippen molar-refractivity contribution in [1.29, 1.82) is 0 Å². The molecule has 0 aliphatic carbocycles. The van der Waals surface area contributed by atoms with Crippen LogP contribution in [0.3, 0.4) is 0 Å². The van der Waals surface area contributed by atoms with Crippen LogP contribution in [0.5, 0.6) is 5.75 Å². The molecule has 1 aromatic heterocycles. The van der Waals surface area contributed by atoms with Crippen molar-refractivity contribution in [3.05, 3.63) is 18.5 Å². The second kappa shape index (κ2) is 4.80. The fourth-order valence-corrected chi connectivity index (χ4v) is 1.90. The van der Waals surface area contributed by atoms with Crippen LogP contribution < -0.4 is 10.2 Å². The summed E-state index contributed by atoms with van der Waals surface area (Å²) < 4.78 is 17.9. The van der Waals surface area contributed by atoms with Crippen LogP contribution in [0, 0.1) is 0 Å². The van der Waals surface area contributed by atoms with E-state index in [2.05, 4.69) is 4.98 Å². The highest BCUT2D eigenvalue weighted by Crippen LogP contribution is 2.37. The number of rotatable bonds is 3. The molecule has 1 aliphatic rings. The van der Waals surface area contributed by atoms with E-state index in [0.29, 0.717) is 0 Å². The average Bonchev–Trinajstić information content (AvgIpc) is 2.48. The third kappa shape index (κ3) is 2.77. The zero-order chi connectivity index (χ0) is 14.3. The molecule has 4 nitrogen and oxygen atoms in total. The standard InChI is InChI=1S/C14H22BNO3/c1-10(2)17-12-7-8-16-9-11(12)15-18-13(3,4)14(5,6)19-15/h7-10H,1-6H3. The maximum Gasteiger partial charge on any atom is 0.500 e. The quantitative estimate of drug-likeness (QED) is 0.783. The minimum atomic E-state index is -0.438. The minimum absolute atomic E-state index is 0.101. The van der Waals surface area contributed by atoms with Gasteiger partial charge in [-0.15, -0.1) is 0 Å². The van der Waals surface area contributed by atoms with Crippen LogP contribution >= 0.6 is 0 Å². The largest absolute Gasteiger partial charge is 0.500 e. The molecule has 0 N–H and O–H groups in total. The Labute approximate surface area is 115 Å². The minimum Gasteiger partial charge on any atom is -0.491 e. The molecule has 2 heterocycles. The topological polar surface area (TPSA) is 40.6 Å². The first-order valence-electron chi connectivity index (χ1n) is 6.69. The number of aromatic nitrogens is 1. The molecule has 5 heteroatoms. The monoisotopic (exact) mass is 263 g/mol. The van der Waals surface area contributed by atoms with Crippen LogP contribution in [-0.2, 0) is 9.31 Å². The third-order valence-corrected chi connectivity index (χ3v) is 3.68. The van der Waals surface area contributed by atoms with Gasteiger partial charge in [0.25, 0.3) is 0 Å². The molecule has 1 aromatic rings. The van der Waals surface area contributed by atoms with Crippen LogP contribution in [0.15, 0.2) is 18.5 Å². The van der Waals surface area contributed by atoms with Crippen molar-refractivity contribution in [1.82, 2.24) is 4.98 Å². The molecule has 0 unspecified atom stereocenters. The van der Waals surface area contributed by atoms with Crippen molar-refractivity contribution in [2.75, 3.05) is 0 Å². The fourth-order valence-electron chi connectivity index (χ4n) is 1.90. The van der Waals surface area contributed by atoms with Gasteiger partial charge in [0.05, 0.1) is 17.3 Å². The Morgan fingerprint density at radius 2 is 1.74 bits per heavy atom. The molecule has 1 saturated heterocycles. The lowest BCUT2D eigenvalue weighted by Crippen LogP contribution is -2.41. The number of hydrogen-bond acceptors (Lipinski definition) is 4. The molecule has 0 radical (unpaired) electrons. The predicted molar refractivity (Wildman–Crippen MR) is 75.7 cm³/mol. The Bertz CT molecular complexity index is 444. The second-order valence-corrected chi connectivity index (χ2v) is 6.17. The van der Waals surface area contributed by atoms with Crippen molar-refractivity contribution >= 4 is 12.6 Å². The molecular formula is C14H22BNO3. The number of pyridine rings is 1. The van der Waals surface area contributed by atoms with Crippen molar-refractivity contribution in [2.45, 2.75) is 58.8 Å². The van der Waals surface area contributed by atoms with Gasteiger partial charge in [0.2, 0.25) is 0 Å². The van der Waals surface area contributed by atoms with E-state index in [4.69, 9.17) is 14.0 Å². The first-order valence-corrected chi connectivity index (χ1v) is 6.69. The van der Waals surface area contributed by atoms with Crippen LogP contribution in [-0.4, -0.2) is 29.4 Å². The Morgan fingerprint density at radius 3 is 2.26 bits per heavy atom. The fraction of sp³-hybridized carbons (Fsp3) is 0.643. The van der Waals surface area contributed by atoms with Gasteiger partial charge in [-0.05, 0) is 47.6 Å². The molecule has 0 amide bonds. The van der Waals surface area contributed by atoms with Crippen LogP contribution in [0.1, 0.15) is 41.5 Å². The van der Waals surface area contributed by atoms with Gasteiger partial charge in [-0.2, -0.15) is 0 Å². The van der Waals surface area contributed by atoms with Gasteiger partial charge in [0, 0.05) is 17.9 Å². The molecule has 0 bridgehead atoms. The Balaban J connectivity index is 2.29. The lowest BCUT2D eigenvalue weighted by Gasteiger charge is -2.32. The van der Waals surface area contributed by atoms with Gasteiger partial charge in [0.15, 0.2) is 0 Å². The molecule has 2 rings (SSSR count). The van der Waals surface area contributed by atoms with Gasteiger partial charge in [0.1, 0.15) is 5.75 Å². The van der Waals surface area contributed by atoms with Gasteiger partial charge in [-0.25, -0.2) is 0 Å². The smallest absolute Gasteiger partial charge is 0.491 e. The van der Waals surface area contributed by atoms with E-state index in [9.17, 15) is 0 Å². The number of ether oxygens (including phenoxy) is 1. The van der Waals surface area contributed by atoms with Crippen molar-refractivity contribution in [2.24, 2.45) is 0 Å². The zero-order valence-corrected chi connectivity index (χ0v) is 12.6. The SMILES string of the molecule is CC(C)Oc1ccncc1B1OC(C)(C)C(C)(C)O1. The van der Waals surface area contributed by atoms with E-state index in [1.54, 1.807) is 12.4 Å². The van der Waals surface area contributed by atoms with Gasteiger partial charge in [-0.1, -0.05) is 0 Å². The summed E-state index contributed by atoms with van der Waals surface area (Å²) in [5, 5.41) is 0. The molecule has 104 valence electrons. The summed E-state index contributed by atoms with van der Waals surface area (Å²) in [5.41, 5.74) is 0.125. The highest BCUT2D eigenvalue weighted by Gasteiger charge is 2.52. The highest BCUT2D eigenvalue weighted by molar-refractivity contribution is 6.63. The number of hydrogen-bond donors (Lipinski definition) is 0. The maximum atomic E-state index is 6.03. The van der Waals surface area contributed by atoms with E-state index in [0.717, 1.165) is 11.2 Å². The molecule has 0 spiro atoms. The van der Waals surface area contributed by atoms with E-state index >= 15 is 0 Å². The van der Waals surface area contributed by atoms with Crippen LogP contribution in [0.2, 0.25) is 0 Å². The highest BCUT2D eigenvalue weighted by atomic mass is 16.7. The van der Waals surface area contributed by atoms with E-state index in [-0.39, 0.29) is 17.3 Å². The molecule has 0 saturated carbocycles. The van der Waals surface area contributed by atoms with E-state index in [1.165, 1.54) is 0 Å². The van der Waals surface area contributed by atoms with Crippen LogP contribution in [0.4, 0.5) is 0 Å². The number of nitrogens with zero attached hydrogens (tertiary/aromatic N) is 1. The molecular weight excluding hydrogens is 241 g/mol. The molecule has 1 fully saturated rings. The molecule has 1 aliphatic heterocycles. The second-order valence-electron chi connectivity index (χ2n) is 6.17. The van der Waals surface area contributed by atoms with Gasteiger partial charge < -0.3 is 14.0 Å². The lowest BCUT2D eigenvalue weighted by molar-refractivity contribution is 0.00578. The summed E-state index contributed by atoms with van der Waals surface area (Å²) in [7, 11) is -0.438. The first kappa shape index (κ1) is 14.3. The normalized spacial score (nSPS) is 20.9. The molecule has 19 heavy (non-hydrogen) atoms. The lowest BCUT2D eigenvalue weighted by atomic mass is 9.79. The molecule has 0 aromatic carbocycles. The van der Waals surface area contributed by atoms with E-state index in [1.807, 2.05) is 47.6 Å². The van der Waals surface area contributed by atoms with Crippen molar-refractivity contribution in [3.8, 4) is 5.75 Å². The molecule has 0 atom stereocenters. The van der Waals surface area contributed by atoms with E-state index < -0.39 is 7.12 Å². The summed E-state index contributed by atoms with van der Waals surface area (Å²) in [6, 6.07) is 1.85. The zero-order valence-electron chi connectivity index (χ0n) is 12.6. The summed E-state index contributed by atoms with van der Waals surface area (Å²) in [6.45, 7) is 12.1. The maximum absolute atomic E-state index is 6.03.